The van der Waals surface area contributed by atoms with Crippen LogP contribution in [0.4, 0.5) is 0 Å². The fourth-order valence-corrected chi connectivity index (χ4v) is 4.30. The number of likely N-dealkylation sites (N-methyl/N-ethyl adjacent to an activating group) is 1. The van der Waals surface area contributed by atoms with Gasteiger partial charge in [0.05, 0.1) is 5.92 Å². The normalized spacial score (nSPS) is 19.3. The van der Waals surface area contributed by atoms with Crippen molar-refractivity contribution in [2.24, 2.45) is 0 Å². The second kappa shape index (κ2) is 8.00. The molecule has 1 atom stereocenters. The molecule has 1 amide bonds. The number of nitrogens with zero attached hydrogens (tertiary/aromatic N) is 4. The average Bonchev–Trinajstić information content (AvgIpc) is 2.73. The van der Waals surface area contributed by atoms with Crippen LogP contribution in [0.15, 0.2) is 30.5 Å². The number of fused-ring (bicyclic) bond motifs is 1. The number of carbonyl (C=O) groups is 1. The zero-order valence-electron chi connectivity index (χ0n) is 17.2. The van der Waals surface area contributed by atoms with Crippen molar-refractivity contribution in [2.75, 3.05) is 26.7 Å². The van der Waals surface area contributed by atoms with Crippen LogP contribution in [0.2, 0.25) is 0 Å². The number of hydrogen-bond donors (Lipinski definition) is 0. The molecule has 3 heterocycles. The van der Waals surface area contributed by atoms with Gasteiger partial charge >= 0.3 is 0 Å². The summed E-state index contributed by atoms with van der Waals surface area (Å²) in [5, 5.41) is 0. The minimum atomic E-state index is -0.0888. The first-order valence-corrected chi connectivity index (χ1v) is 10.4. The van der Waals surface area contributed by atoms with Gasteiger partial charge in [-0.05, 0) is 39.3 Å². The summed E-state index contributed by atoms with van der Waals surface area (Å²) in [7, 11) is 2.14. The third-order valence-corrected chi connectivity index (χ3v) is 6.26. The van der Waals surface area contributed by atoms with Gasteiger partial charge in [-0.15, -0.1) is 0 Å². The third kappa shape index (κ3) is 3.95. The molecule has 0 bridgehead atoms. The summed E-state index contributed by atoms with van der Waals surface area (Å²) in [6.45, 7) is 7.68. The molecule has 1 saturated heterocycles. The van der Waals surface area contributed by atoms with E-state index in [-0.39, 0.29) is 11.8 Å². The van der Waals surface area contributed by atoms with E-state index < -0.39 is 0 Å². The van der Waals surface area contributed by atoms with Crippen LogP contribution in [0.3, 0.4) is 0 Å². The molecule has 1 fully saturated rings. The van der Waals surface area contributed by atoms with Crippen molar-refractivity contribution in [1.82, 2.24) is 19.8 Å². The lowest BCUT2D eigenvalue weighted by molar-refractivity contribution is -0.133. The largest absolute Gasteiger partial charge is 0.342 e. The van der Waals surface area contributed by atoms with Crippen LogP contribution >= 0.6 is 0 Å². The van der Waals surface area contributed by atoms with E-state index in [2.05, 4.69) is 48.1 Å². The molecular formula is C23H30N4O. The molecule has 5 nitrogen and oxygen atoms in total. The molecule has 1 aromatic carbocycles. The number of benzene rings is 1. The number of hydrogen-bond acceptors (Lipinski definition) is 4. The molecule has 5 heteroatoms. The van der Waals surface area contributed by atoms with Gasteiger partial charge in [0.1, 0.15) is 5.82 Å². The highest BCUT2D eigenvalue weighted by Gasteiger charge is 2.29. The summed E-state index contributed by atoms with van der Waals surface area (Å²) in [5.41, 5.74) is 4.80. The van der Waals surface area contributed by atoms with Crippen molar-refractivity contribution in [3.8, 4) is 0 Å². The van der Waals surface area contributed by atoms with Crippen LogP contribution < -0.4 is 0 Å². The highest BCUT2D eigenvalue weighted by Crippen LogP contribution is 2.29. The molecule has 1 aromatic heterocycles. The zero-order valence-corrected chi connectivity index (χ0v) is 17.2. The van der Waals surface area contributed by atoms with E-state index in [4.69, 9.17) is 4.98 Å². The lowest BCUT2D eigenvalue weighted by atomic mass is 9.93. The predicted molar refractivity (Wildman–Crippen MR) is 110 cm³/mol. The molecule has 2 aliphatic heterocycles. The molecule has 0 saturated carbocycles. The van der Waals surface area contributed by atoms with Crippen molar-refractivity contribution in [3.05, 3.63) is 58.7 Å². The first-order chi connectivity index (χ1) is 13.5. The molecule has 4 rings (SSSR count). The highest BCUT2D eigenvalue weighted by molar-refractivity contribution is 5.83. The smallest absolute Gasteiger partial charge is 0.229 e. The number of aromatic nitrogens is 2. The van der Waals surface area contributed by atoms with E-state index in [1.807, 2.05) is 18.0 Å². The Morgan fingerprint density at radius 1 is 1.14 bits per heavy atom. The Morgan fingerprint density at radius 3 is 2.57 bits per heavy atom. The van der Waals surface area contributed by atoms with Gasteiger partial charge in [-0.1, -0.05) is 29.8 Å². The van der Waals surface area contributed by atoms with Gasteiger partial charge in [0, 0.05) is 56.0 Å². The second-order valence-electron chi connectivity index (χ2n) is 8.42. The number of piperidine rings is 1. The molecule has 0 aliphatic carbocycles. The van der Waals surface area contributed by atoms with Crippen LogP contribution in [0.1, 0.15) is 59.8 Å². The Balaban J connectivity index is 1.38. The molecule has 2 aliphatic rings. The van der Waals surface area contributed by atoms with Crippen LogP contribution in [-0.4, -0.2) is 52.4 Å². The van der Waals surface area contributed by atoms with Crippen molar-refractivity contribution >= 4 is 5.91 Å². The van der Waals surface area contributed by atoms with Crippen LogP contribution in [0.25, 0.3) is 0 Å². The summed E-state index contributed by atoms with van der Waals surface area (Å²) in [4.78, 5) is 26.8. The van der Waals surface area contributed by atoms with Gasteiger partial charge in [-0.2, -0.15) is 0 Å². The summed E-state index contributed by atoms with van der Waals surface area (Å²) >= 11 is 0. The maximum Gasteiger partial charge on any atom is 0.229 e. The molecule has 0 spiro atoms. The van der Waals surface area contributed by atoms with Crippen LogP contribution in [0, 0.1) is 6.92 Å². The number of carbonyl (C=O) groups excluding carboxylic acids is 1. The Hall–Kier alpha value is -2.27. The maximum atomic E-state index is 12.9. The number of aryl methyl sites for hydroxylation is 1. The Bertz CT molecular complexity index is 840. The zero-order chi connectivity index (χ0) is 19.7. The van der Waals surface area contributed by atoms with Gasteiger partial charge < -0.3 is 9.80 Å². The van der Waals surface area contributed by atoms with E-state index in [1.165, 1.54) is 16.8 Å². The van der Waals surface area contributed by atoms with Gasteiger partial charge in [-0.25, -0.2) is 9.97 Å². The van der Waals surface area contributed by atoms with Crippen molar-refractivity contribution in [3.63, 3.8) is 0 Å². The maximum absolute atomic E-state index is 12.9. The van der Waals surface area contributed by atoms with E-state index in [1.54, 1.807) is 0 Å². The summed E-state index contributed by atoms with van der Waals surface area (Å²) in [5.74, 6) is 1.48. The molecule has 0 unspecified atom stereocenters. The van der Waals surface area contributed by atoms with Crippen LogP contribution in [0.5, 0.6) is 0 Å². The highest BCUT2D eigenvalue weighted by atomic mass is 16.2. The topological polar surface area (TPSA) is 49.3 Å². The molecule has 0 radical (unpaired) electrons. The molecule has 28 heavy (non-hydrogen) atoms. The molecular weight excluding hydrogens is 348 g/mol. The quantitative estimate of drug-likeness (QED) is 0.822. The number of rotatable bonds is 3. The van der Waals surface area contributed by atoms with Gasteiger partial charge in [-0.3, -0.25) is 4.79 Å². The van der Waals surface area contributed by atoms with E-state index in [9.17, 15) is 4.79 Å². The summed E-state index contributed by atoms with van der Waals surface area (Å²) in [6.07, 6.45) is 4.92. The lowest BCUT2D eigenvalue weighted by Gasteiger charge is -2.33. The third-order valence-electron chi connectivity index (χ3n) is 6.26. The number of amides is 1. The Labute approximate surface area is 167 Å². The van der Waals surface area contributed by atoms with Crippen molar-refractivity contribution < 1.29 is 4.79 Å². The molecule has 0 N–H and O–H groups in total. The monoisotopic (exact) mass is 378 g/mol. The average molecular weight is 379 g/mol. The first-order valence-electron chi connectivity index (χ1n) is 10.4. The van der Waals surface area contributed by atoms with Crippen LogP contribution in [-0.2, 0) is 17.8 Å². The Kier molecular flexibility index (Phi) is 5.44. The lowest BCUT2D eigenvalue weighted by Crippen LogP contribution is -2.40. The van der Waals surface area contributed by atoms with E-state index in [0.717, 1.165) is 56.8 Å². The molecule has 2 aromatic rings. The Morgan fingerprint density at radius 2 is 1.86 bits per heavy atom. The van der Waals surface area contributed by atoms with Crippen molar-refractivity contribution in [2.45, 2.75) is 51.5 Å². The number of likely N-dealkylation sites (tertiary alicyclic amines) is 1. The fraction of sp³-hybridized carbons (Fsp3) is 0.522. The summed E-state index contributed by atoms with van der Waals surface area (Å²) in [6, 6.07) is 8.30. The SMILES string of the molecule is Cc1ccc([C@@H](C)C(=O)N2CCC(c3ncc4c(n3)CCN(C)C4)CC2)cc1. The molecule has 148 valence electrons. The second-order valence-corrected chi connectivity index (χ2v) is 8.42. The predicted octanol–water partition coefficient (Wildman–Crippen LogP) is 3.28. The van der Waals surface area contributed by atoms with Gasteiger partial charge in [0.2, 0.25) is 5.91 Å². The summed E-state index contributed by atoms with van der Waals surface area (Å²) < 4.78 is 0. The standard InChI is InChI=1S/C23H30N4O/c1-16-4-6-18(7-5-16)17(2)23(28)27-12-8-19(9-13-27)22-24-14-20-15-26(3)11-10-21(20)25-22/h4-7,14,17,19H,8-13,15H2,1-3H3/t17-/m1/s1. The fourth-order valence-electron chi connectivity index (χ4n) is 4.30. The van der Waals surface area contributed by atoms with Gasteiger partial charge in [0.15, 0.2) is 0 Å². The van der Waals surface area contributed by atoms with E-state index in [0.29, 0.717) is 5.92 Å². The van der Waals surface area contributed by atoms with Crippen molar-refractivity contribution in [1.29, 1.82) is 0 Å². The minimum Gasteiger partial charge on any atom is -0.342 e. The van der Waals surface area contributed by atoms with Gasteiger partial charge in [0.25, 0.3) is 0 Å². The minimum absolute atomic E-state index is 0.0888. The first kappa shape index (κ1) is 19.1. The van der Waals surface area contributed by atoms with E-state index >= 15 is 0 Å².